The molecule has 0 unspecified atom stereocenters. The van der Waals surface area contributed by atoms with E-state index < -0.39 is 0 Å². The van der Waals surface area contributed by atoms with E-state index in [1.165, 1.54) is 0 Å². The number of hydrogen-bond donors (Lipinski definition) is 1. The molecular formula is C10H18N2O. The predicted octanol–water partition coefficient (Wildman–Crippen LogP) is 2.25. The van der Waals surface area contributed by atoms with Crippen LogP contribution in [0.15, 0.2) is 0 Å². The molecule has 0 aliphatic heterocycles. The fourth-order valence-corrected chi connectivity index (χ4v) is 1.29. The Balaban J connectivity index is 2.72. The minimum absolute atomic E-state index is 0.337. The molecule has 3 nitrogen and oxygen atoms in total. The molecule has 1 aromatic heterocycles. The largest absolute Gasteiger partial charge is 0.504 e. The third kappa shape index (κ3) is 2.23. The molecular weight excluding hydrogens is 164 g/mol. The molecule has 0 amide bonds. The van der Waals surface area contributed by atoms with Crippen molar-refractivity contribution in [3.63, 3.8) is 0 Å². The van der Waals surface area contributed by atoms with E-state index in [0.717, 1.165) is 24.4 Å². The van der Waals surface area contributed by atoms with Crippen molar-refractivity contribution in [2.24, 2.45) is 5.92 Å². The van der Waals surface area contributed by atoms with Crippen LogP contribution in [-0.2, 0) is 6.54 Å². The summed E-state index contributed by atoms with van der Waals surface area (Å²) in [4.78, 5) is 0. The van der Waals surface area contributed by atoms with Crippen molar-refractivity contribution in [3.05, 3.63) is 11.4 Å². The van der Waals surface area contributed by atoms with Gasteiger partial charge in [-0.05, 0) is 26.2 Å². The van der Waals surface area contributed by atoms with E-state index in [4.69, 9.17) is 0 Å². The predicted molar refractivity (Wildman–Crippen MR) is 52.8 cm³/mol. The number of rotatable bonds is 3. The lowest BCUT2D eigenvalue weighted by Crippen LogP contribution is -2.05. The van der Waals surface area contributed by atoms with Gasteiger partial charge in [0.2, 0.25) is 0 Å². The van der Waals surface area contributed by atoms with Crippen LogP contribution in [0.25, 0.3) is 0 Å². The van der Waals surface area contributed by atoms with Gasteiger partial charge in [-0.25, -0.2) is 0 Å². The number of aromatic nitrogens is 2. The van der Waals surface area contributed by atoms with Gasteiger partial charge in [0.05, 0.1) is 5.69 Å². The molecule has 0 aliphatic carbocycles. The second-order valence-electron chi connectivity index (χ2n) is 3.93. The van der Waals surface area contributed by atoms with Gasteiger partial charge in [-0.15, -0.1) is 0 Å². The highest BCUT2D eigenvalue weighted by Crippen LogP contribution is 2.20. The average molecular weight is 182 g/mol. The maximum atomic E-state index is 9.51. The van der Waals surface area contributed by atoms with E-state index in [-0.39, 0.29) is 0 Å². The maximum absolute atomic E-state index is 9.51. The lowest BCUT2D eigenvalue weighted by molar-refractivity contribution is 0.455. The van der Waals surface area contributed by atoms with Crippen molar-refractivity contribution in [1.29, 1.82) is 0 Å². The number of hydrogen-bond acceptors (Lipinski definition) is 2. The van der Waals surface area contributed by atoms with Gasteiger partial charge in [0, 0.05) is 6.54 Å². The molecule has 3 heteroatoms. The zero-order valence-electron chi connectivity index (χ0n) is 8.83. The molecule has 0 aliphatic rings. The molecule has 74 valence electrons. The Labute approximate surface area is 79.4 Å². The summed E-state index contributed by atoms with van der Waals surface area (Å²) in [5.74, 6) is 1.01. The van der Waals surface area contributed by atoms with Crippen LogP contribution in [0, 0.1) is 19.8 Å². The molecule has 1 N–H and O–H groups in total. The monoisotopic (exact) mass is 182 g/mol. The summed E-state index contributed by atoms with van der Waals surface area (Å²) in [5, 5.41) is 13.8. The fourth-order valence-electron chi connectivity index (χ4n) is 1.29. The molecule has 0 atom stereocenters. The van der Waals surface area contributed by atoms with E-state index >= 15 is 0 Å². The van der Waals surface area contributed by atoms with Crippen molar-refractivity contribution in [1.82, 2.24) is 9.78 Å². The maximum Gasteiger partial charge on any atom is 0.159 e. The van der Waals surface area contributed by atoms with Crippen molar-refractivity contribution < 1.29 is 5.11 Å². The second-order valence-corrected chi connectivity index (χ2v) is 3.93. The first kappa shape index (κ1) is 10.1. The minimum Gasteiger partial charge on any atom is -0.504 e. The van der Waals surface area contributed by atoms with E-state index in [1.807, 2.05) is 18.5 Å². The molecule has 13 heavy (non-hydrogen) atoms. The fraction of sp³-hybridized carbons (Fsp3) is 0.700. The molecule has 1 aromatic rings. The number of aromatic hydroxyl groups is 1. The highest BCUT2D eigenvalue weighted by Gasteiger charge is 2.09. The summed E-state index contributed by atoms with van der Waals surface area (Å²) in [7, 11) is 0. The van der Waals surface area contributed by atoms with Crippen molar-refractivity contribution in [3.8, 4) is 5.75 Å². The van der Waals surface area contributed by atoms with Gasteiger partial charge in [-0.3, -0.25) is 4.68 Å². The average Bonchev–Trinajstić information content (AvgIpc) is 2.29. The molecule has 0 saturated heterocycles. The lowest BCUT2D eigenvalue weighted by Gasteiger charge is -2.06. The summed E-state index contributed by atoms with van der Waals surface area (Å²) in [6, 6.07) is 0. The van der Waals surface area contributed by atoms with Gasteiger partial charge in [-0.1, -0.05) is 13.8 Å². The lowest BCUT2D eigenvalue weighted by atomic mass is 10.1. The third-order valence-corrected chi connectivity index (χ3v) is 2.26. The topological polar surface area (TPSA) is 38.0 Å². The van der Waals surface area contributed by atoms with Crippen LogP contribution in [0.5, 0.6) is 5.75 Å². The van der Waals surface area contributed by atoms with Crippen LogP contribution in [0.1, 0.15) is 31.7 Å². The van der Waals surface area contributed by atoms with Gasteiger partial charge in [0.25, 0.3) is 0 Å². The van der Waals surface area contributed by atoms with E-state index in [0.29, 0.717) is 11.7 Å². The Bertz CT molecular complexity index is 289. The van der Waals surface area contributed by atoms with Crippen LogP contribution in [0.2, 0.25) is 0 Å². The molecule has 0 aromatic carbocycles. The number of aryl methyl sites for hydroxylation is 2. The summed E-state index contributed by atoms with van der Waals surface area (Å²) in [5.41, 5.74) is 1.60. The van der Waals surface area contributed by atoms with Crippen molar-refractivity contribution in [2.75, 3.05) is 0 Å². The second kappa shape index (κ2) is 3.81. The highest BCUT2D eigenvalue weighted by atomic mass is 16.3. The van der Waals surface area contributed by atoms with Crippen LogP contribution in [-0.4, -0.2) is 14.9 Å². The zero-order valence-corrected chi connectivity index (χ0v) is 8.83. The molecule has 0 bridgehead atoms. The molecule has 1 heterocycles. The molecule has 0 saturated carbocycles. The van der Waals surface area contributed by atoms with Gasteiger partial charge in [0.1, 0.15) is 5.69 Å². The third-order valence-electron chi connectivity index (χ3n) is 2.26. The smallest absolute Gasteiger partial charge is 0.159 e. The molecule has 0 spiro atoms. The summed E-state index contributed by atoms with van der Waals surface area (Å²) in [6.45, 7) is 8.99. The van der Waals surface area contributed by atoms with E-state index in [2.05, 4.69) is 18.9 Å². The summed E-state index contributed by atoms with van der Waals surface area (Å²) in [6.07, 6.45) is 1.10. The van der Waals surface area contributed by atoms with Crippen LogP contribution >= 0.6 is 0 Å². The van der Waals surface area contributed by atoms with Gasteiger partial charge in [-0.2, -0.15) is 5.10 Å². The van der Waals surface area contributed by atoms with Gasteiger partial charge >= 0.3 is 0 Å². The summed E-state index contributed by atoms with van der Waals surface area (Å²) < 4.78 is 1.88. The molecule has 1 rings (SSSR count). The van der Waals surface area contributed by atoms with Gasteiger partial charge < -0.3 is 5.11 Å². The molecule has 0 fully saturated rings. The standard InChI is InChI=1S/C10H18N2O/c1-7(2)5-6-12-9(4)10(13)8(3)11-12/h7,13H,5-6H2,1-4H3. The van der Waals surface area contributed by atoms with Crippen LogP contribution in [0.4, 0.5) is 0 Å². The number of nitrogens with zero attached hydrogens (tertiary/aromatic N) is 2. The molecule has 0 radical (unpaired) electrons. The normalized spacial score (nSPS) is 11.2. The van der Waals surface area contributed by atoms with Crippen molar-refractivity contribution in [2.45, 2.75) is 40.7 Å². The van der Waals surface area contributed by atoms with Gasteiger partial charge in [0.15, 0.2) is 5.75 Å². The minimum atomic E-state index is 0.337. The van der Waals surface area contributed by atoms with E-state index in [9.17, 15) is 5.11 Å². The highest BCUT2D eigenvalue weighted by molar-refractivity contribution is 5.29. The Morgan fingerprint density at radius 3 is 2.38 bits per heavy atom. The Kier molecular flexibility index (Phi) is 2.96. The Morgan fingerprint density at radius 1 is 1.38 bits per heavy atom. The van der Waals surface area contributed by atoms with Crippen molar-refractivity contribution >= 4 is 0 Å². The first-order valence-corrected chi connectivity index (χ1v) is 4.75. The first-order valence-electron chi connectivity index (χ1n) is 4.75. The quantitative estimate of drug-likeness (QED) is 0.778. The first-order chi connectivity index (χ1) is 6.02. The summed E-state index contributed by atoms with van der Waals surface area (Å²) >= 11 is 0. The van der Waals surface area contributed by atoms with E-state index in [1.54, 1.807) is 0 Å². The zero-order chi connectivity index (χ0) is 10.0. The van der Waals surface area contributed by atoms with Crippen LogP contribution < -0.4 is 0 Å². The van der Waals surface area contributed by atoms with Crippen LogP contribution in [0.3, 0.4) is 0 Å². The SMILES string of the molecule is Cc1nn(CCC(C)C)c(C)c1O. The Morgan fingerprint density at radius 2 is 2.00 bits per heavy atom. The Hall–Kier alpha value is -0.990.